The Bertz CT molecular complexity index is 789. The number of rotatable bonds is 9. The lowest BCUT2D eigenvalue weighted by atomic mass is 10.0. The molecule has 6 nitrogen and oxygen atoms in total. The average molecular weight is 401 g/mol. The molecule has 1 aliphatic heterocycles. The molecule has 29 heavy (non-hydrogen) atoms. The lowest BCUT2D eigenvalue weighted by molar-refractivity contribution is 0.112. The quantitative estimate of drug-likeness (QED) is 0.646. The highest BCUT2D eigenvalue weighted by Gasteiger charge is 2.24. The highest BCUT2D eigenvalue weighted by Crippen LogP contribution is 2.28. The van der Waals surface area contributed by atoms with Gasteiger partial charge in [0.15, 0.2) is 11.5 Å². The largest absolute Gasteiger partial charge is 0.493 e. The van der Waals surface area contributed by atoms with Crippen LogP contribution in [0, 0.1) is 6.92 Å². The summed E-state index contributed by atoms with van der Waals surface area (Å²) in [6, 6.07) is 6.82. The third-order valence-electron chi connectivity index (χ3n) is 6.20. The van der Waals surface area contributed by atoms with Gasteiger partial charge in [0, 0.05) is 43.5 Å². The summed E-state index contributed by atoms with van der Waals surface area (Å²) in [6.45, 7) is 9.62. The molecule has 0 unspecified atom stereocenters. The molecule has 0 saturated carbocycles. The zero-order chi connectivity index (χ0) is 20.8. The fraction of sp³-hybridized carbons (Fsp3) is 0.609. The minimum Gasteiger partial charge on any atom is -0.493 e. The van der Waals surface area contributed by atoms with Crippen LogP contribution in [0.3, 0.4) is 0 Å². The molecule has 1 aliphatic rings. The van der Waals surface area contributed by atoms with E-state index in [-0.39, 0.29) is 0 Å². The van der Waals surface area contributed by atoms with Crippen LogP contribution in [0.15, 0.2) is 24.4 Å². The van der Waals surface area contributed by atoms with Crippen LogP contribution in [0.4, 0.5) is 0 Å². The smallest absolute Gasteiger partial charge is 0.160 e. The minimum absolute atomic E-state index is 0.602. The number of ether oxygens (including phenoxy) is 2. The van der Waals surface area contributed by atoms with Crippen LogP contribution in [-0.2, 0) is 19.5 Å². The van der Waals surface area contributed by atoms with Gasteiger partial charge in [-0.2, -0.15) is 5.10 Å². The number of aryl methyl sites for hydroxylation is 1. The number of hydrogen-bond acceptors (Lipinski definition) is 5. The first-order chi connectivity index (χ1) is 14.0. The first kappa shape index (κ1) is 21.7. The summed E-state index contributed by atoms with van der Waals surface area (Å²) in [5.74, 6) is 1.59. The number of aromatic nitrogens is 2. The van der Waals surface area contributed by atoms with Crippen LogP contribution in [0.1, 0.15) is 36.6 Å². The van der Waals surface area contributed by atoms with E-state index in [1.54, 1.807) is 14.2 Å². The normalized spacial score (nSPS) is 17.7. The predicted molar refractivity (Wildman–Crippen MR) is 117 cm³/mol. The van der Waals surface area contributed by atoms with E-state index in [1.807, 2.05) is 12.3 Å². The van der Waals surface area contributed by atoms with E-state index < -0.39 is 0 Å². The molecule has 1 aromatic heterocycles. The molecule has 3 rings (SSSR count). The van der Waals surface area contributed by atoms with Crippen molar-refractivity contribution in [2.24, 2.45) is 0 Å². The van der Waals surface area contributed by atoms with Crippen molar-refractivity contribution in [1.82, 2.24) is 19.6 Å². The van der Waals surface area contributed by atoms with Gasteiger partial charge >= 0.3 is 0 Å². The monoisotopic (exact) mass is 400 g/mol. The number of methoxy groups -OCH3 is 2. The molecule has 0 bridgehead atoms. The van der Waals surface area contributed by atoms with E-state index in [2.05, 4.69) is 52.6 Å². The van der Waals surface area contributed by atoms with E-state index in [4.69, 9.17) is 9.47 Å². The summed E-state index contributed by atoms with van der Waals surface area (Å²) in [6.07, 6.45) is 5.58. The van der Waals surface area contributed by atoms with Crippen molar-refractivity contribution in [3.8, 4) is 11.5 Å². The molecule has 1 saturated heterocycles. The lowest BCUT2D eigenvalue weighted by Crippen LogP contribution is -2.46. The molecular weight excluding hydrogens is 364 g/mol. The van der Waals surface area contributed by atoms with Gasteiger partial charge in [-0.25, -0.2) is 0 Å². The Morgan fingerprint density at radius 2 is 2.00 bits per heavy atom. The zero-order valence-electron chi connectivity index (χ0n) is 18.6. The van der Waals surface area contributed by atoms with Crippen molar-refractivity contribution < 1.29 is 9.47 Å². The Morgan fingerprint density at radius 1 is 1.21 bits per heavy atom. The molecule has 0 aliphatic carbocycles. The number of hydrogen-bond donors (Lipinski definition) is 0. The molecule has 0 N–H and O–H groups in total. The first-order valence-corrected chi connectivity index (χ1v) is 10.7. The number of nitrogens with zero attached hydrogens (tertiary/aromatic N) is 4. The molecule has 1 fully saturated rings. The Balaban J connectivity index is 1.54. The van der Waals surface area contributed by atoms with Gasteiger partial charge in [0.05, 0.1) is 20.4 Å². The van der Waals surface area contributed by atoms with Crippen LogP contribution in [-0.4, -0.2) is 66.5 Å². The van der Waals surface area contributed by atoms with Crippen LogP contribution >= 0.6 is 0 Å². The fourth-order valence-corrected chi connectivity index (χ4v) is 4.26. The highest BCUT2D eigenvalue weighted by atomic mass is 16.5. The SMILES string of the molecule is CCn1ncc(CN2CCC[C@H](N(C)CCc3ccc(OC)c(OC)c3)C2)c1C. The molecule has 0 spiro atoms. The van der Waals surface area contributed by atoms with Crippen molar-refractivity contribution in [1.29, 1.82) is 0 Å². The zero-order valence-corrected chi connectivity index (χ0v) is 18.6. The van der Waals surface area contributed by atoms with Gasteiger partial charge in [0.2, 0.25) is 0 Å². The molecule has 0 radical (unpaired) electrons. The van der Waals surface area contributed by atoms with E-state index in [1.165, 1.54) is 36.2 Å². The molecule has 2 heterocycles. The summed E-state index contributed by atoms with van der Waals surface area (Å²) in [5, 5.41) is 4.50. The second kappa shape index (κ2) is 10.1. The van der Waals surface area contributed by atoms with Crippen LogP contribution < -0.4 is 9.47 Å². The topological polar surface area (TPSA) is 42.8 Å². The maximum Gasteiger partial charge on any atom is 0.160 e. The minimum atomic E-state index is 0.602. The number of benzene rings is 1. The Kier molecular flexibility index (Phi) is 7.56. The predicted octanol–water partition coefficient (Wildman–Crippen LogP) is 3.37. The first-order valence-electron chi connectivity index (χ1n) is 10.7. The lowest BCUT2D eigenvalue weighted by Gasteiger charge is -2.37. The standard InChI is InChI=1S/C23H36N4O2/c1-6-27-18(2)20(15-24-27)16-26-12-7-8-21(17-26)25(3)13-11-19-9-10-22(28-4)23(14-19)29-5/h9-10,14-15,21H,6-8,11-13,16-17H2,1-5H3/t21-/m0/s1. The Labute approximate surface area is 175 Å². The molecule has 1 aromatic carbocycles. The molecule has 1 atom stereocenters. The molecular formula is C23H36N4O2. The summed E-state index contributed by atoms with van der Waals surface area (Å²) in [7, 11) is 5.63. The van der Waals surface area contributed by atoms with Gasteiger partial charge in [-0.1, -0.05) is 6.07 Å². The second-order valence-electron chi connectivity index (χ2n) is 8.02. The fourth-order valence-electron chi connectivity index (χ4n) is 4.26. The second-order valence-corrected chi connectivity index (χ2v) is 8.02. The van der Waals surface area contributed by atoms with Gasteiger partial charge in [0.1, 0.15) is 0 Å². The van der Waals surface area contributed by atoms with Crippen LogP contribution in [0.25, 0.3) is 0 Å². The van der Waals surface area contributed by atoms with Crippen molar-refractivity contribution >= 4 is 0 Å². The summed E-state index contributed by atoms with van der Waals surface area (Å²) < 4.78 is 12.9. The van der Waals surface area contributed by atoms with Gasteiger partial charge in [-0.3, -0.25) is 9.58 Å². The molecule has 6 heteroatoms. The summed E-state index contributed by atoms with van der Waals surface area (Å²) in [4.78, 5) is 5.11. The third kappa shape index (κ3) is 5.31. The number of likely N-dealkylation sites (tertiary alicyclic amines) is 1. The van der Waals surface area contributed by atoms with E-state index >= 15 is 0 Å². The van der Waals surface area contributed by atoms with Gasteiger partial charge in [0.25, 0.3) is 0 Å². The Hall–Kier alpha value is -2.05. The molecule has 160 valence electrons. The van der Waals surface area contributed by atoms with Crippen LogP contribution in [0.5, 0.6) is 11.5 Å². The van der Waals surface area contributed by atoms with Crippen molar-refractivity contribution in [3.63, 3.8) is 0 Å². The van der Waals surface area contributed by atoms with Crippen molar-refractivity contribution in [2.75, 3.05) is 40.9 Å². The van der Waals surface area contributed by atoms with E-state index in [9.17, 15) is 0 Å². The van der Waals surface area contributed by atoms with Gasteiger partial charge < -0.3 is 14.4 Å². The Morgan fingerprint density at radius 3 is 2.69 bits per heavy atom. The molecule has 2 aromatic rings. The van der Waals surface area contributed by atoms with Gasteiger partial charge in [-0.05, 0) is 64.4 Å². The van der Waals surface area contributed by atoms with Crippen molar-refractivity contribution in [3.05, 3.63) is 41.2 Å². The van der Waals surface area contributed by atoms with Crippen molar-refractivity contribution in [2.45, 2.75) is 52.2 Å². The summed E-state index contributed by atoms with van der Waals surface area (Å²) >= 11 is 0. The van der Waals surface area contributed by atoms with E-state index in [0.717, 1.165) is 44.1 Å². The third-order valence-corrected chi connectivity index (χ3v) is 6.20. The van der Waals surface area contributed by atoms with Gasteiger partial charge in [-0.15, -0.1) is 0 Å². The highest BCUT2D eigenvalue weighted by molar-refractivity contribution is 5.42. The molecule has 0 amide bonds. The maximum absolute atomic E-state index is 5.44. The maximum atomic E-state index is 5.44. The average Bonchev–Trinajstić information content (AvgIpc) is 3.11. The number of piperidine rings is 1. The number of likely N-dealkylation sites (N-methyl/N-ethyl adjacent to an activating group) is 1. The van der Waals surface area contributed by atoms with Crippen LogP contribution in [0.2, 0.25) is 0 Å². The summed E-state index contributed by atoms with van der Waals surface area (Å²) in [5.41, 5.74) is 3.95. The van der Waals surface area contributed by atoms with E-state index in [0.29, 0.717) is 6.04 Å².